The number of carbonyl (C=O) groups excluding carboxylic acids is 2. The Balaban J connectivity index is 1.91. The maximum Gasteiger partial charge on any atom is 0.410 e. The molecule has 3 atom stereocenters. The lowest BCUT2D eigenvalue weighted by atomic mass is 9.73. The van der Waals surface area contributed by atoms with Gasteiger partial charge in [0.15, 0.2) is 5.78 Å². The van der Waals surface area contributed by atoms with E-state index in [1.165, 1.54) is 7.11 Å². The molecule has 1 amide bonds. The van der Waals surface area contributed by atoms with Crippen molar-refractivity contribution < 1.29 is 19.1 Å². The second-order valence-electron chi connectivity index (χ2n) is 5.36. The number of benzene rings is 1. The summed E-state index contributed by atoms with van der Waals surface area (Å²) < 4.78 is 10.5. The Morgan fingerprint density at radius 1 is 1.30 bits per heavy atom. The SMILES string of the molecule is CO[C@@]1(C)C(=O)CC1N1C(=O)OC[C@@H]1c1ccccc1. The molecular weight excluding hydrogens is 258 g/mol. The summed E-state index contributed by atoms with van der Waals surface area (Å²) in [6, 6.07) is 9.29. The van der Waals surface area contributed by atoms with Gasteiger partial charge in [0, 0.05) is 13.5 Å². The second kappa shape index (κ2) is 4.59. The molecule has 0 bridgehead atoms. The average Bonchev–Trinajstić information content (AvgIpc) is 2.86. The Labute approximate surface area is 117 Å². The molecule has 2 fully saturated rings. The van der Waals surface area contributed by atoms with Gasteiger partial charge in [-0.15, -0.1) is 0 Å². The molecule has 5 heteroatoms. The third kappa shape index (κ3) is 1.73. The van der Waals surface area contributed by atoms with Crippen LogP contribution >= 0.6 is 0 Å². The van der Waals surface area contributed by atoms with Crippen molar-refractivity contribution in [3.8, 4) is 0 Å². The summed E-state index contributed by atoms with van der Waals surface area (Å²) in [7, 11) is 1.50. The van der Waals surface area contributed by atoms with Crippen LogP contribution in [0, 0.1) is 0 Å². The maximum atomic E-state index is 12.0. The highest BCUT2D eigenvalue weighted by atomic mass is 16.6. The lowest BCUT2D eigenvalue weighted by Crippen LogP contribution is -2.66. The summed E-state index contributed by atoms with van der Waals surface area (Å²) in [6.07, 6.45) is -0.0531. The lowest BCUT2D eigenvalue weighted by Gasteiger charge is -2.48. The van der Waals surface area contributed by atoms with Crippen molar-refractivity contribution in [1.82, 2.24) is 4.90 Å². The quantitative estimate of drug-likeness (QED) is 0.845. The van der Waals surface area contributed by atoms with Gasteiger partial charge in [0.25, 0.3) is 0 Å². The number of ether oxygens (including phenoxy) is 2. The molecule has 0 N–H and O–H groups in total. The van der Waals surface area contributed by atoms with Gasteiger partial charge < -0.3 is 9.47 Å². The van der Waals surface area contributed by atoms with E-state index >= 15 is 0 Å². The molecule has 2 aliphatic rings. The molecule has 0 aromatic heterocycles. The van der Waals surface area contributed by atoms with Gasteiger partial charge >= 0.3 is 6.09 Å². The van der Waals surface area contributed by atoms with Crippen LogP contribution in [-0.2, 0) is 14.3 Å². The number of ketones is 1. The number of cyclic esters (lactones) is 1. The number of nitrogens with zero attached hydrogens (tertiary/aromatic N) is 1. The topological polar surface area (TPSA) is 55.8 Å². The van der Waals surface area contributed by atoms with Crippen molar-refractivity contribution in [3.63, 3.8) is 0 Å². The molecule has 1 aromatic carbocycles. The third-order valence-electron chi connectivity index (χ3n) is 4.42. The molecule has 1 saturated heterocycles. The predicted octanol–water partition coefficient (Wildman–Crippen LogP) is 1.93. The van der Waals surface area contributed by atoms with E-state index in [4.69, 9.17) is 9.47 Å². The Morgan fingerprint density at radius 3 is 2.60 bits per heavy atom. The van der Waals surface area contributed by atoms with Crippen LogP contribution in [0.4, 0.5) is 4.79 Å². The first-order chi connectivity index (χ1) is 9.58. The van der Waals surface area contributed by atoms with E-state index in [9.17, 15) is 9.59 Å². The number of methoxy groups -OCH3 is 1. The largest absolute Gasteiger partial charge is 0.447 e. The van der Waals surface area contributed by atoms with E-state index in [2.05, 4.69) is 0 Å². The zero-order valence-corrected chi connectivity index (χ0v) is 11.5. The van der Waals surface area contributed by atoms with Crippen LogP contribution in [-0.4, -0.2) is 42.1 Å². The third-order valence-corrected chi connectivity index (χ3v) is 4.42. The molecule has 1 unspecified atom stereocenters. The van der Waals surface area contributed by atoms with Crippen molar-refractivity contribution in [3.05, 3.63) is 35.9 Å². The van der Waals surface area contributed by atoms with Crippen LogP contribution in [0.2, 0.25) is 0 Å². The predicted molar refractivity (Wildman–Crippen MR) is 71.2 cm³/mol. The van der Waals surface area contributed by atoms with Gasteiger partial charge in [-0.25, -0.2) is 4.79 Å². The zero-order chi connectivity index (χ0) is 14.3. The Morgan fingerprint density at radius 2 is 2.00 bits per heavy atom. The fourth-order valence-electron chi connectivity index (χ4n) is 2.95. The minimum Gasteiger partial charge on any atom is -0.447 e. The van der Waals surface area contributed by atoms with Crippen molar-refractivity contribution in [2.24, 2.45) is 0 Å². The molecule has 1 aliphatic carbocycles. The van der Waals surface area contributed by atoms with Gasteiger partial charge in [0.05, 0.1) is 12.1 Å². The van der Waals surface area contributed by atoms with E-state index in [0.29, 0.717) is 13.0 Å². The van der Waals surface area contributed by atoms with Gasteiger partial charge in [-0.1, -0.05) is 30.3 Å². The minimum absolute atomic E-state index is 0.0245. The molecule has 1 aliphatic heterocycles. The van der Waals surface area contributed by atoms with Crippen LogP contribution in [0.15, 0.2) is 30.3 Å². The molecule has 1 heterocycles. The summed E-state index contributed by atoms with van der Waals surface area (Å²) in [5.41, 5.74) is 0.0901. The van der Waals surface area contributed by atoms with Crippen LogP contribution < -0.4 is 0 Å². The Hall–Kier alpha value is -1.88. The van der Waals surface area contributed by atoms with Crippen LogP contribution in [0.1, 0.15) is 24.9 Å². The number of hydrogen-bond acceptors (Lipinski definition) is 4. The fraction of sp³-hybridized carbons (Fsp3) is 0.467. The molecule has 1 saturated carbocycles. The van der Waals surface area contributed by atoms with E-state index in [0.717, 1.165) is 5.56 Å². The van der Waals surface area contributed by atoms with Crippen LogP contribution in [0.5, 0.6) is 0 Å². The summed E-state index contributed by atoms with van der Waals surface area (Å²) >= 11 is 0. The minimum atomic E-state index is -0.920. The molecule has 5 nitrogen and oxygen atoms in total. The molecule has 106 valence electrons. The van der Waals surface area contributed by atoms with Crippen LogP contribution in [0.3, 0.4) is 0 Å². The van der Waals surface area contributed by atoms with Gasteiger partial charge in [-0.3, -0.25) is 9.69 Å². The summed E-state index contributed by atoms with van der Waals surface area (Å²) in [4.78, 5) is 25.5. The van der Waals surface area contributed by atoms with Gasteiger partial charge in [-0.05, 0) is 12.5 Å². The highest BCUT2D eigenvalue weighted by Gasteiger charge is 2.58. The molecular formula is C15H17NO4. The second-order valence-corrected chi connectivity index (χ2v) is 5.36. The van der Waals surface area contributed by atoms with E-state index in [1.807, 2.05) is 30.3 Å². The normalized spacial score (nSPS) is 33.0. The van der Waals surface area contributed by atoms with Gasteiger partial charge in [0.1, 0.15) is 12.2 Å². The fourth-order valence-corrected chi connectivity index (χ4v) is 2.95. The highest BCUT2D eigenvalue weighted by Crippen LogP contribution is 2.42. The Bertz CT molecular complexity index is 544. The first-order valence-electron chi connectivity index (χ1n) is 6.66. The maximum absolute atomic E-state index is 12.0. The number of carbonyl (C=O) groups is 2. The first-order valence-corrected chi connectivity index (χ1v) is 6.66. The number of rotatable bonds is 3. The van der Waals surface area contributed by atoms with Gasteiger partial charge in [-0.2, -0.15) is 0 Å². The zero-order valence-electron chi connectivity index (χ0n) is 11.5. The number of amides is 1. The van der Waals surface area contributed by atoms with E-state index in [1.54, 1.807) is 11.8 Å². The average molecular weight is 275 g/mol. The Kier molecular flexibility index (Phi) is 3.01. The lowest BCUT2D eigenvalue weighted by molar-refractivity contribution is -0.167. The monoisotopic (exact) mass is 275 g/mol. The number of hydrogen-bond donors (Lipinski definition) is 0. The van der Waals surface area contributed by atoms with Crippen LogP contribution in [0.25, 0.3) is 0 Å². The standard InChI is InChI=1S/C15H17NO4/c1-15(19-2)12(8-13(15)17)16-11(9-20-14(16)18)10-6-4-3-5-7-10/h3-7,11-12H,8-9H2,1-2H3/t11-,12?,15-/m1/s1. The smallest absolute Gasteiger partial charge is 0.410 e. The van der Waals surface area contributed by atoms with E-state index in [-0.39, 0.29) is 24.0 Å². The molecule has 1 aromatic rings. The molecule has 20 heavy (non-hydrogen) atoms. The van der Waals surface area contributed by atoms with Crippen molar-refractivity contribution in [2.45, 2.75) is 31.0 Å². The first kappa shape index (κ1) is 13.1. The van der Waals surface area contributed by atoms with E-state index < -0.39 is 5.60 Å². The van der Waals surface area contributed by atoms with Crippen molar-refractivity contribution in [1.29, 1.82) is 0 Å². The van der Waals surface area contributed by atoms with Gasteiger partial charge in [0.2, 0.25) is 0 Å². The highest BCUT2D eigenvalue weighted by molar-refractivity contribution is 5.96. The molecule has 0 spiro atoms. The summed E-state index contributed by atoms with van der Waals surface area (Å²) in [6.45, 7) is 2.05. The van der Waals surface area contributed by atoms with Crippen molar-refractivity contribution >= 4 is 11.9 Å². The summed E-state index contributed by atoms with van der Waals surface area (Å²) in [5, 5.41) is 0. The molecule has 3 rings (SSSR count). The molecule has 0 radical (unpaired) electrons. The van der Waals surface area contributed by atoms with Crippen molar-refractivity contribution in [2.75, 3.05) is 13.7 Å². The number of Topliss-reactive ketones (excluding diaryl/α,β-unsaturated/α-hetero) is 1. The summed E-state index contributed by atoms with van der Waals surface area (Å²) in [5.74, 6) is 0.0245.